The Bertz CT molecular complexity index is 749. The van der Waals surface area contributed by atoms with Crippen LogP contribution in [0.4, 0.5) is 5.00 Å². The third-order valence-corrected chi connectivity index (χ3v) is 5.57. The van der Waals surface area contributed by atoms with Gasteiger partial charge in [-0.2, -0.15) is 0 Å². The highest BCUT2D eigenvalue weighted by Gasteiger charge is 2.29. The molecule has 1 aliphatic carbocycles. The molecular formula is C17H24N6OS. The Kier molecular flexibility index (Phi) is 5.54. The van der Waals surface area contributed by atoms with Gasteiger partial charge in [0, 0.05) is 11.4 Å². The van der Waals surface area contributed by atoms with Gasteiger partial charge in [-0.1, -0.05) is 12.7 Å². The number of rotatable bonds is 5. The molecule has 3 rings (SSSR count). The maximum absolute atomic E-state index is 10.3. The lowest BCUT2D eigenvalue weighted by Crippen LogP contribution is -2.39. The van der Waals surface area contributed by atoms with Crippen LogP contribution in [-0.4, -0.2) is 29.2 Å². The maximum atomic E-state index is 10.3. The number of hydrogen-bond acceptors (Lipinski definition) is 8. The molecule has 2 heterocycles. The molecule has 2 aliphatic rings. The number of aliphatic hydroxyl groups excluding tert-OH is 1. The van der Waals surface area contributed by atoms with Crippen molar-refractivity contribution in [2.24, 2.45) is 16.7 Å². The molecule has 0 aromatic carbocycles. The second-order valence-electron chi connectivity index (χ2n) is 5.89. The average molecular weight is 360 g/mol. The quantitative estimate of drug-likeness (QED) is 0.237. The van der Waals surface area contributed by atoms with Crippen molar-refractivity contribution >= 4 is 22.2 Å². The van der Waals surface area contributed by atoms with E-state index in [0.717, 1.165) is 23.4 Å². The predicted molar refractivity (Wildman–Crippen MR) is 103 cm³/mol. The van der Waals surface area contributed by atoms with Gasteiger partial charge in [0.1, 0.15) is 23.1 Å². The van der Waals surface area contributed by atoms with E-state index in [0.29, 0.717) is 24.7 Å². The molecule has 0 saturated carbocycles. The number of hydrogen-bond donors (Lipinski definition) is 5. The molecule has 1 aromatic rings. The summed E-state index contributed by atoms with van der Waals surface area (Å²) in [6.07, 6.45) is 9.32. The fraction of sp³-hybridized carbons (Fsp3) is 0.353. The van der Waals surface area contributed by atoms with Crippen molar-refractivity contribution in [1.82, 2.24) is 10.4 Å². The van der Waals surface area contributed by atoms with Crippen LogP contribution < -0.4 is 22.4 Å². The molecule has 0 spiro atoms. The SMILES string of the molecule is C=C/C(=C(O)\C=C\CNN)N(N)C1=NCNc2sc3c(c21)CCCC3. The minimum Gasteiger partial charge on any atom is -0.506 e. The zero-order chi connectivity index (χ0) is 17.8. The number of amidine groups is 1. The first-order valence-corrected chi connectivity index (χ1v) is 9.12. The zero-order valence-electron chi connectivity index (χ0n) is 14.1. The number of hydrazine groups is 2. The molecule has 0 bridgehead atoms. The molecule has 0 fully saturated rings. The first-order chi connectivity index (χ1) is 12.2. The molecule has 7 N–H and O–H groups in total. The molecule has 0 atom stereocenters. The van der Waals surface area contributed by atoms with Crippen molar-refractivity contribution in [3.63, 3.8) is 0 Å². The minimum absolute atomic E-state index is 0.0135. The third-order valence-electron chi connectivity index (χ3n) is 4.32. The number of aliphatic hydroxyl groups is 1. The van der Waals surface area contributed by atoms with Gasteiger partial charge in [-0.05, 0) is 43.4 Å². The Hall–Kier alpha value is -2.13. The van der Waals surface area contributed by atoms with Crippen LogP contribution in [-0.2, 0) is 12.8 Å². The Balaban J connectivity index is 1.96. The second kappa shape index (κ2) is 7.83. The summed E-state index contributed by atoms with van der Waals surface area (Å²) in [5.41, 5.74) is 5.29. The number of thiophene rings is 1. The van der Waals surface area contributed by atoms with Crippen LogP contribution >= 0.6 is 11.3 Å². The third kappa shape index (κ3) is 3.47. The van der Waals surface area contributed by atoms with Gasteiger partial charge >= 0.3 is 0 Å². The van der Waals surface area contributed by atoms with Crippen molar-refractivity contribution in [2.75, 3.05) is 18.5 Å². The van der Waals surface area contributed by atoms with Crippen LogP contribution in [0.2, 0.25) is 0 Å². The number of nitrogens with one attached hydrogen (secondary N) is 2. The summed E-state index contributed by atoms with van der Waals surface area (Å²) in [4.78, 5) is 5.97. The number of fused-ring (bicyclic) bond motifs is 3. The first-order valence-electron chi connectivity index (χ1n) is 8.31. The summed E-state index contributed by atoms with van der Waals surface area (Å²) in [6.45, 7) is 4.68. The van der Waals surface area contributed by atoms with Crippen molar-refractivity contribution in [3.8, 4) is 0 Å². The fourth-order valence-corrected chi connectivity index (χ4v) is 4.43. The van der Waals surface area contributed by atoms with E-state index < -0.39 is 0 Å². The van der Waals surface area contributed by atoms with Gasteiger partial charge in [-0.3, -0.25) is 16.3 Å². The van der Waals surface area contributed by atoms with Gasteiger partial charge in [0.25, 0.3) is 0 Å². The van der Waals surface area contributed by atoms with Crippen molar-refractivity contribution in [3.05, 3.63) is 52.3 Å². The van der Waals surface area contributed by atoms with Crippen LogP contribution in [0.25, 0.3) is 0 Å². The van der Waals surface area contributed by atoms with E-state index in [1.54, 1.807) is 23.5 Å². The molecule has 0 saturated heterocycles. The van der Waals surface area contributed by atoms with Gasteiger partial charge in [-0.15, -0.1) is 11.3 Å². The topological polar surface area (TPSA) is 112 Å². The Labute approximate surface area is 151 Å². The number of aliphatic imine (C=N–C) groups is 1. The molecule has 1 aliphatic heterocycles. The van der Waals surface area contributed by atoms with Crippen molar-refractivity contribution in [1.29, 1.82) is 0 Å². The Morgan fingerprint density at radius 1 is 1.44 bits per heavy atom. The molecule has 8 heteroatoms. The van der Waals surface area contributed by atoms with E-state index in [-0.39, 0.29) is 5.76 Å². The number of aryl methyl sites for hydroxylation is 1. The Morgan fingerprint density at radius 3 is 3.00 bits per heavy atom. The maximum Gasteiger partial charge on any atom is 0.155 e. The summed E-state index contributed by atoms with van der Waals surface area (Å²) in [5, 5.41) is 16.2. The first kappa shape index (κ1) is 17.7. The van der Waals surface area contributed by atoms with E-state index in [2.05, 4.69) is 22.3 Å². The lowest BCUT2D eigenvalue weighted by Gasteiger charge is -2.26. The van der Waals surface area contributed by atoms with Gasteiger partial charge in [-0.25, -0.2) is 10.8 Å². The van der Waals surface area contributed by atoms with Crippen LogP contribution in [0, 0.1) is 0 Å². The minimum atomic E-state index is 0.0135. The normalized spacial score (nSPS) is 17.3. The van der Waals surface area contributed by atoms with E-state index in [1.807, 2.05) is 0 Å². The summed E-state index contributed by atoms with van der Waals surface area (Å²) >= 11 is 1.79. The van der Waals surface area contributed by atoms with E-state index in [1.165, 1.54) is 34.4 Å². The van der Waals surface area contributed by atoms with Crippen LogP contribution in [0.3, 0.4) is 0 Å². The summed E-state index contributed by atoms with van der Waals surface area (Å²) < 4.78 is 0. The number of allylic oxidation sites excluding steroid dienone is 2. The van der Waals surface area contributed by atoms with Crippen LogP contribution in [0.5, 0.6) is 0 Å². The highest BCUT2D eigenvalue weighted by molar-refractivity contribution is 7.16. The zero-order valence-corrected chi connectivity index (χ0v) is 14.9. The average Bonchev–Trinajstić information content (AvgIpc) is 3.01. The number of anilines is 1. The molecule has 0 radical (unpaired) electrons. The summed E-state index contributed by atoms with van der Waals surface area (Å²) in [5.74, 6) is 12.2. The number of nitrogens with two attached hydrogens (primary N) is 2. The lowest BCUT2D eigenvalue weighted by atomic mass is 9.94. The standard InChI is InChI=1S/C17H24N6OS/c1-2-12(13(24)7-5-9-22-18)23(19)16-15-11-6-3-4-8-14(11)25-17(15)21-10-20-16/h2,5,7,21-22,24H,1,3-4,6,8-10,18-19H2/b7-5+,13-12-. The number of nitrogens with zero attached hydrogens (tertiary/aromatic N) is 2. The van der Waals surface area contributed by atoms with E-state index in [9.17, 15) is 5.11 Å². The van der Waals surface area contributed by atoms with Gasteiger partial charge < -0.3 is 10.4 Å². The van der Waals surface area contributed by atoms with Crippen molar-refractivity contribution < 1.29 is 5.11 Å². The molecule has 0 amide bonds. The summed E-state index contributed by atoms with van der Waals surface area (Å²) in [6, 6.07) is 0. The molecule has 7 nitrogen and oxygen atoms in total. The molecular weight excluding hydrogens is 336 g/mol. The monoisotopic (exact) mass is 360 g/mol. The second-order valence-corrected chi connectivity index (χ2v) is 6.99. The Morgan fingerprint density at radius 2 is 2.24 bits per heavy atom. The molecule has 1 aromatic heterocycles. The molecule has 25 heavy (non-hydrogen) atoms. The highest BCUT2D eigenvalue weighted by atomic mass is 32.1. The van der Waals surface area contributed by atoms with E-state index in [4.69, 9.17) is 11.7 Å². The van der Waals surface area contributed by atoms with Crippen molar-refractivity contribution in [2.45, 2.75) is 25.7 Å². The predicted octanol–water partition coefficient (Wildman–Crippen LogP) is 1.91. The van der Waals surface area contributed by atoms with Crippen LogP contribution in [0.1, 0.15) is 28.8 Å². The lowest BCUT2D eigenvalue weighted by molar-refractivity contribution is 0.401. The molecule has 0 unspecified atom stereocenters. The fourth-order valence-electron chi connectivity index (χ4n) is 3.15. The van der Waals surface area contributed by atoms with Gasteiger partial charge in [0.15, 0.2) is 5.84 Å². The highest BCUT2D eigenvalue weighted by Crippen LogP contribution is 2.40. The van der Waals surface area contributed by atoms with Gasteiger partial charge in [0.2, 0.25) is 0 Å². The summed E-state index contributed by atoms with van der Waals surface area (Å²) in [7, 11) is 0. The molecule has 134 valence electrons. The van der Waals surface area contributed by atoms with Gasteiger partial charge in [0.05, 0.1) is 5.56 Å². The smallest absolute Gasteiger partial charge is 0.155 e. The van der Waals surface area contributed by atoms with Crippen LogP contribution in [0.15, 0.2) is 41.3 Å². The van der Waals surface area contributed by atoms with E-state index >= 15 is 0 Å². The largest absolute Gasteiger partial charge is 0.506 e.